The van der Waals surface area contributed by atoms with Crippen molar-refractivity contribution in [3.8, 4) is 0 Å². The van der Waals surface area contributed by atoms with E-state index in [4.69, 9.17) is 0 Å². The molecule has 1 fully saturated rings. The minimum Gasteiger partial charge on any atom is -0.391 e. The van der Waals surface area contributed by atoms with Gasteiger partial charge in [-0.3, -0.25) is 0 Å². The Morgan fingerprint density at radius 2 is 2.00 bits per heavy atom. The van der Waals surface area contributed by atoms with Gasteiger partial charge >= 0.3 is 6.03 Å². The molecule has 0 radical (unpaired) electrons. The van der Waals surface area contributed by atoms with Crippen molar-refractivity contribution in [3.05, 3.63) is 0 Å². The molecular weight excluding hydrogens is 252 g/mol. The number of urea groups is 1. The first-order chi connectivity index (χ1) is 9.20. The number of amides is 2. The van der Waals surface area contributed by atoms with Crippen LogP contribution in [0, 0.1) is 11.3 Å². The monoisotopic (exact) mass is 284 g/mol. The van der Waals surface area contributed by atoms with Gasteiger partial charge in [-0.2, -0.15) is 0 Å². The number of rotatable bonds is 4. The first-order valence-corrected chi connectivity index (χ1v) is 7.93. The molecule has 20 heavy (non-hydrogen) atoms. The maximum absolute atomic E-state index is 12.3. The van der Waals surface area contributed by atoms with Crippen LogP contribution in [-0.2, 0) is 0 Å². The number of likely N-dealkylation sites (tertiary alicyclic amines) is 1. The van der Waals surface area contributed by atoms with Crippen LogP contribution >= 0.6 is 0 Å². The second-order valence-electron chi connectivity index (χ2n) is 7.58. The Morgan fingerprint density at radius 1 is 1.35 bits per heavy atom. The zero-order chi connectivity index (χ0) is 15.3. The lowest BCUT2D eigenvalue weighted by Crippen LogP contribution is -2.52. The molecule has 1 rings (SSSR count). The number of carbonyl (C=O) groups excluding carboxylic acids is 1. The summed E-state index contributed by atoms with van der Waals surface area (Å²) >= 11 is 0. The molecule has 0 aromatic heterocycles. The third-order valence-corrected chi connectivity index (χ3v) is 4.06. The highest BCUT2D eigenvalue weighted by Gasteiger charge is 2.29. The maximum atomic E-state index is 12.3. The van der Waals surface area contributed by atoms with Crippen LogP contribution in [0.1, 0.15) is 60.3 Å². The van der Waals surface area contributed by atoms with Gasteiger partial charge < -0.3 is 15.3 Å². The second kappa shape index (κ2) is 7.30. The van der Waals surface area contributed by atoms with E-state index < -0.39 is 0 Å². The van der Waals surface area contributed by atoms with Gasteiger partial charge in [-0.05, 0) is 37.0 Å². The van der Waals surface area contributed by atoms with E-state index in [1.165, 1.54) is 0 Å². The fraction of sp³-hybridized carbons (Fsp3) is 0.938. The van der Waals surface area contributed by atoms with E-state index >= 15 is 0 Å². The quantitative estimate of drug-likeness (QED) is 0.834. The zero-order valence-corrected chi connectivity index (χ0v) is 13.8. The highest BCUT2D eigenvalue weighted by Crippen LogP contribution is 2.25. The van der Waals surface area contributed by atoms with E-state index in [1.807, 2.05) is 0 Å². The summed E-state index contributed by atoms with van der Waals surface area (Å²) < 4.78 is 0. The number of nitrogens with one attached hydrogen (secondary N) is 1. The maximum Gasteiger partial charge on any atom is 0.317 e. The lowest BCUT2D eigenvalue weighted by Gasteiger charge is -2.36. The topological polar surface area (TPSA) is 52.6 Å². The van der Waals surface area contributed by atoms with Crippen molar-refractivity contribution in [1.29, 1.82) is 0 Å². The highest BCUT2D eigenvalue weighted by atomic mass is 16.3. The molecule has 0 aliphatic carbocycles. The molecular formula is C16H32N2O2. The first-order valence-electron chi connectivity index (χ1n) is 7.93. The fourth-order valence-electron chi connectivity index (χ4n) is 2.60. The molecule has 0 bridgehead atoms. The van der Waals surface area contributed by atoms with Crippen molar-refractivity contribution >= 4 is 6.03 Å². The minimum absolute atomic E-state index is 0.0209. The number of piperidine rings is 1. The van der Waals surface area contributed by atoms with Crippen LogP contribution in [0.25, 0.3) is 0 Å². The number of carbonyl (C=O) groups is 1. The molecule has 0 aromatic rings. The van der Waals surface area contributed by atoms with Gasteiger partial charge in [0.25, 0.3) is 0 Å². The van der Waals surface area contributed by atoms with Gasteiger partial charge in [-0.1, -0.05) is 34.6 Å². The molecule has 2 unspecified atom stereocenters. The molecule has 1 saturated heterocycles. The summed E-state index contributed by atoms with van der Waals surface area (Å²) in [4.78, 5) is 14.1. The molecule has 0 saturated carbocycles. The van der Waals surface area contributed by atoms with Crippen molar-refractivity contribution in [1.82, 2.24) is 10.2 Å². The third kappa shape index (κ3) is 5.70. The summed E-state index contributed by atoms with van der Waals surface area (Å²) in [5, 5.41) is 12.9. The van der Waals surface area contributed by atoms with Crippen LogP contribution in [0.3, 0.4) is 0 Å². The lowest BCUT2D eigenvalue weighted by molar-refractivity contribution is 0.0808. The van der Waals surface area contributed by atoms with Crippen molar-refractivity contribution in [2.45, 2.75) is 72.4 Å². The lowest BCUT2D eigenvalue weighted by atomic mass is 9.83. The molecule has 1 aliphatic rings. The predicted octanol–water partition coefficient (Wildman–Crippen LogP) is 3.00. The van der Waals surface area contributed by atoms with Crippen molar-refractivity contribution in [2.75, 3.05) is 13.1 Å². The highest BCUT2D eigenvalue weighted by molar-refractivity contribution is 5.74. The van der Waals surface area contributed by atoms with Gasteiger partial charge in [0, 0.05) is 19.1 Å². The van der Waals surface area contributed by atoms with Crippen molar-refractivity contribution in [3.63, 3.8) is 0 Å². The van der Waals surface area contributed by atoms with Crippen LogP contribution in [0.5, 0.6) is 0 Å². The summed E-state index contributed by atoms with van der Waals surface area (Å²) in [5.74, 6) is 0.647. The molecule has 2 N–H and O–H groups in total. The van der Waals surface area contributed by atoms with E-state index in [0.29, 0.717) is 12.5 Å². The summed E-state index contributed by atoms with van der Waals surface area (Å²) in [6.45, 7) is 12.2. The summed E-state index contributed by atoms with van der Waals surface area (Å²) in [6.07, 6.45) is 3.45. The van der Waals surface area contributed by atoms with Gasteiger partial charge in [-0.15, -0.1) is 0 Å². The molecule has 2 amide bonds. The van der Waals surface area contributed by atoms with E-state index in [0.717, 1.165) is 32.2 Å². The normalized spacial score (nSPS) is 21.9. The van der Waals surface area contributed by atoms with Crippen LogP contribution in [0.2, 0.25) is 0 Å². The smallest absolute Gasteiger partial charge is 0.317 e. The summed E-state index contributed by atoms with van der Waals surface area (Å²) in [7, 11) is 0. The standard InChI is InChI=1S/C16H32N2O2/c1-12(2)8-9-14(16(3,4)5)17-15(20)18-10-6-7-13(19)11-18/h12-14,19H,6-11H2,1-5H3,(H,17,20). The molecule has 0 spiro atoms. The van der Waals surface area contributed by atoms with E-state index in [9.17, 15) is 9.90 Å². The number of β-amino-alcohol motifs (C(OH)–C–C–N with tert-alkyl or cyclic N) is 1. The van der Waals surface area contributed by atoms with Gasteiger partial charge in [0.15, 0.2) is 0 Å². The SMILES string of the molecule is CC(C)CCC(NC(=O)N1CCCC(O)C1)C(C)(C)C. The third-order valence-electron chi connectivity index (χ3n) is 4.06. The summed E-state index contributed by atoms with van der Waals surface area (Å²) in [5.41, 5.74) is 0.0545. The van der Waals surface area contributed by atoms with Crippen LogP contribution < -0.4 is 5.32 Å². The molecule has 118 valence electrons. The Morgan fingerprint density at radius 3 is 2.50 bits per heavy atom. The number of hydrogen-bond donors (Lipinski definition) is 2. The Bertz CT molecular complexity index is 310. The van der Waals surface area contributed by atoms with E-state index in [2.05, 4.69) is 39.9 Å². The van der Waals surface area contributed by atoms with E-state index in [-0.39, 0.29) is 23.6 Å². The second-order valence-corrected chi connectivity index (χ2v) is 7.58. The average Bonchev–Trinajstić information content (AvgIpc) is 2.32. The number of aliphatic hydroxyl groups is 1. The summed E-state index contributed by atoms with van der Waals surface area (Å²) in [6, 6.07) is 0.156. The van der Waals surface area contributed by atoms with Crippen molar-refractivity contribution in [2.24, 2.45) is 11.3 Å². The Labute approximate surface area is 123 Å². The van der Waals surface area contributed by atoms with Crippen LogP contribution in [0.15, 0.2) is 0 Å². The predicted molar refractivity (Wildman–Crippen MR) is 82.7 cm³/mol. The molecule has 0 aromatic carbocycles. The largest absolute Gasteiger partial charge is 0.391 e. The molecule has 1 aliphatic heterocycles. The van der Waals surface area contributed by atoms with Crippen LogP contribution in [-0.4, -0.2) is 41.3 Å². The Hall–Kier alpha value is -0.770. The minimum atomic E-state index is -0.363. The average molecular weight is 284 g/mol. The Balaban J connectivity index is 2.57. The van der Waals surface area contributed by atoms with Gasteiger partial charge in [0.05, 0.1) is 6.10 Å². The van der Waals surface area contributed by atoms with Gasteiger partial charge in [0.1, 0.15) is 0 Å². The Kier molecular flexibility index (Phi) is 6.31. The van der Waals surface area contributed by atoms with Crippen LogP contribution in [0.4, 0.5) is 4.79 Å². The first kappa shape index (κ1) is 17.3. The molecule has 4 heteroatoms. The zero-order valence-electron chi connectivity index (χ0n) is 13.8. The number of hydrogen-bond acceptors (Lipinski definition) is 2. The van der Waals surface area contributed by atoms with Gasteiger partial charge in [0.2, 0.25) is 0 Å². The molecule has 1 heterocycles. The van der Waals surface area contributed by atoms with Crippen molar-refractivity contribution < 1.29 is 9.90 Å². The van der Waals surface area contributed by atoms with Gasteiger partial charge in [-0.25, -0.2) is 4.79 Å². The number of aliphatic hydroxyl groups excluding tert-OH is 1. The fourth-order valence-corrected chi connectivity index (χ4v) is 2.60. The molecule has 4 nitrogen and oxygen atoms in total. The number of nitrogens with zero attached hydrogens (tertiary/aromatic N) is 1. The van der Waals surface area contributed by atoms with E-state index in [1.54, 1.807) is 4.90 Å². The molecule has 2 atom stereocenters.